The van der Waals surface area contributed by atoms with Crippen LogP contribution in [0.25, 0.3) is 0 Å². The number of hydrogen-bond donors (Lipinski definition) is 1. The molecule has 1 fully saturated rings. The quantitative estimate of drug-likeness (QED) is 0.830. The highest BCUT2D eigenvalue weighted by atomic mass is 16.5. The Morgan fingerprint density at radius 2 is 2.00 bits per heavy atom. The van der Waals surface area contributed by atoms with Crippen LogP contribution in [-0.2, 0) is 11.3 Å². The van der Waals surface area contributed by atoms with Crippen molar-refractivity contribution in [3.63, 3.8) is 0 Å². The Morgan fingerprint density at radius 1 is 1.18 bits per heavy atom. The largest absolute Gasteiger partial charge is 0.491 e. The number of benzene rings is 2. The highest BCUT2D eigenvalue weighted by molar-refractivity contribution is 5.94. The van der Waals surface area contributed by atoms with Gasteiger partial charge in [-0.05, 0) is 67.6 Å². The van der Waals surface area contributed by atoms with Crippen LogP contribution in [0.3, 0.4) is 0 Å². The molecule has 2 aromatic rings. The molecule has 2 aromatic carbocycles. The Morgan fingerprint density at radius 3 is 2.75 bits per heavy atom. The molecule has 0 aromatic heterocycles. The molecule has 0 bridgehead atoms. The summed E-state index contributed by atoms with van der Waals surface area (Å²) < 4.78 is 11.0. The second-order valence-corrected chi connectivity index (χ2v) is 7.72. The van der Waals surface area contributed by atoms with Crippen molar-refractivity contribution in [2.45, 2.75) is 38.9 Å². The summed E-state index contributed by atoms with van der Waals surface area (Å²) in [6.45, 7) is 5.64. The third-order valence-corrected chi connectivity index (χ3v) is 5.31. The van der Waals surface area contributed by atoms with Crippen LogP contribution in [-0.4, -0.2) is 48.3 Å². The van der Waals surface area contributed by atoms with Crippen molar-refractivity contribution in [1.29, 1.82) is 0 Å². The zero-order valence-electron chi connectivity index (χ0n) is 16.9. The van der Waals surface area contributed by atoms with Gasteiger partial charge >= 0.3 is 0 Å². The van der Waals surface area contributed by atoms with Gasteiger partial charge < -0.3 is 19.5 Å². The van der Waals surface area contributed by atoms with Crippen molar-refractivity contribution in [2.24, 2.45) is 0 Å². The first-order valence-corrected chi connectivity index (χ1v) is 9.70. The number of aliphatic hydroxyl groups is 1. The Kier molecular flexibility index (Phi) is 6.37. The molecule has 0 saturated carbocycles. The second-order valence-electron chi connectivity index (χ2n) is 7.72. The number of aryl methyl sites for hydroxylation is 2. The van der Waals surface area contributed by atoms with E-state index in [1.54, 1.807) is 18.1 Å². The summed E-state index contributed by atoms with van der Waals surface area (Å²) in [5, 5.41) is 11.0. The summed E-state index contributed by atoms with van der Waals surface area (Å²) in [4.78, 5) is 14.7. The summed E-state index contributed by atoms with van der Waals surface area (Å²) >= 11 is 0. The molecule has 1 saturated heterocycles. The molecule has 1 unspecified atom stereocenters. The van der Waals surface area contributed by atoms with E-state index in [-0.39, 0.29) is 19.1 Å². The van der Waals surface area contributed by atoms with E-state index in [9.17, 15) is 9.90 Å². The lowest BCUT2D eigenvalue weighted by Gasteiger charge is -2.39. The molecule has 0 radical (unpaired) electrons. The van der Waals surface area contributed by atoms with Gasteiger partial charge in [0.2, 0.25) is 0 Å². The standard InChI is InChI=1S/C23H29NO4/c1-17-8-9-21(12-18(17)2)28-16-23(26)10-5-11-24(15-23)22(25)20-7-4-6-19(13-20)14-27-3/h4,6-9,12-13,26H,5,10-11,14-16H2,1-3H3. The van der Waals surface area contributed by atoms with Gasteiger partial charge in [0.1, 0.15) is 18.0 Å². The first-order chi connectivity index (χ1) is 13.4. The highest BCUT2D eigenvalue weighted by Gasteiger charge is 2.36. The molecular weight excluding hydrogens is 354 g/mol. The first kappa shape index (κ1) is 20.4. The fraction of sp³-hybridized carbons (Fsp3) is 0.435. The number of nitrogens with zero attached hydrogens (tertiary/aromatic N) is 1. The number of hydrogen-bond acceptors (Lipinski definition) is 4. The van der Waals surface area contributed by atoms with Crippen molar-refractivity contribution >= 4 is 5.91 Å². The van der Waals surface area contributed by atoms with E-state index in [0.717, 1.165) is 23.3 Å². The van der Waals surface area contributed by atoms with Crippen LogP contribution in [0.1, 0.15) is 39.9 Å². The van der Waals surface area contributed by atoms with Gasteiger partial charge in [-0.15, -0.1) is 0 Å². The molecule has 1 heterocycles. The van der Waals surface area contributed by atoms with Crippen LogP contribution in [0.2, 0.25) is 0 Å². The van der Waals surface area contributed by atoms with Gasteiger partial charge in [0, 0.05) is 19.2 Å². The summed E-state index contributed by atoms with van der Waals surface area (Å²) in [7, 11) is 1.63. The lowest BCUT2D eigenvalue weighted by Crippen LogP contribution is -2.53. The second kappa shape index (κ2) is 8.76. The third-order valence-electron chi connectivity index (χ3n) is 5.31. The predicted molar refractivity (Wildman–Crippen MR) is 109 cm³/mol. The minimum absolute atomic E-state index is 0.0674. The lowest BCUT2D eigenvalue weighted by molar-refractivity contribution is -0.0532. The minimum Gasteiger partial charge on any atom is -0.491 e. The van der Waals surface area contributed by atoms with Crippen molar-refractivity contribution < 1.29 is 19.4 Å². The number of rotatable bonds is 6. The normalized spacial score (nSPS) is 19.5. The number of likely N-dealkylation sites (tertiary alicyclic amines) is 1. The van der Waals surface area contributed by atoms with Gasteiger partial charge in [0.15, 0.2) is 0 Å². The molecule has 1 amide bonds. The van der Waals surface area contributed by atoms with Crippen molar-refractivity contribution in [3.05, 3.63) is 64.7 Å². The molecule has 1 atom stereocenters. The molecule has 0 aliphatic carbocycles. The van der Waals surface area contributed by atoms with Gasteiger partial charge in [-0.25, -0.2) is 0 Å². The fourth-order valence-corrected chi connectivity index (χ4v) is 3.57. The zero-order chi connectivity index (χ0) is 20.1. The Hall–Kier alpha value is -2.37. The van der Waals surface area contributed by atoms with Crippen LogP contribution >= 0.6 is 0 Å². The van der Waals surface area contributed by atoms with E-state index < -0.39 is 5.60 Å². The SMILES string of the molecule is COCc1cccc(C(=O)N2CCCC(O)(COc3ccc(C)c(C)c3)C2)c1. The third kappa shape index (κ3) is 4.91. The molecule has 1 N–H and O–H groups in total. The Bertz CT molecular complexity index is 835. The monoisotopic (exact) mass is 383 g/mol. The molecule has 0 spiro atoms. The van der Waals surface area contributed by atoms with Crippen molar-refractivity contribution in [2.75, 3.05) is 26.8 Å². The number of β-amino-alcohol motifs (C(OH)–C–C–N with tert-alkyl or cyclic N) is 1. The molecule has 150 valence electrons. The van der Waals surface area contributed by atoms with Crippen molar-refractivity contribution in [1.82, 2.24) is 4.90 Å². The summed E-state index contributed by atoms with van der Waals surface area (Å²) in [6, 6.07) is 13.4. The van der Waals surface area contributed by atoms with Crippen LogP contribution in [0.4, 0.5) is 0 Å². The maximum Gasteiger partial charge on any atom is 0.253 e. The van der Waals surface area contributed by atoms with Crippen LogP contribution in [0, 0.1) is 13.8 Å². The Labute approximate surface area is 166 Å². The summed E-state index contributed by atoms with van der Waals surface area (Å²) in [5.74, 6) is 0.675. The maximum atomic E-state index is 12.9. The molecule has 3 rings (SSSR count). The fourth-order valence-electron chi connectivity index (χ4n) is 3.57. The maximum absolute atomic E-state index is 12.9. The average Bonchev–Trinajstić information content (AvgIpc) is 2.69. The predicted octanol–water partition coefficient (Wildman–Crippen LogP) is 3.50. The van der Waals surface area contributed by atoms with Gasteiger partial charge in [0.25, 0.3) is 5.91 Å². The van der Waals surface area contributed by atoms with Gasteiger partial charge in [0.05, 0.1) is 13.2 Å². The number of carbonyl (C=O) groups excluding carboxylic acids is 1. The van der Waals surface area contributed by atoms with Gasteiger partial charge in [-0.2, -0.15) is 0 Å². The number of carbonyl (C=O) groups is 1. The van der Waals surface area contributed by atoms with E-state index >= 15 is 0 Å². The smallest absolute Gasteiger partial charge is 0.253 e. The van der Waals surface area contributed by atoms with E-state index in [1.165, 1.54) is 5.56 Å². The minimum atomic E-state index is -1.04. The van der Waals surface area contributed by atoms with Crippen LogP contribution < -0.4 is 4.74 Å². The molecule has 1 aliphatic heterocycles. The van der Waals surface area contributed by atoms with Crippen molar-refractivity contribution in [3.8, 4) is 5.75 Å². The highest BCUT2D eigenvalue weighted by Crippen LogP contribution is 2.25. The molecule has 1 aliphatic rings. The molecular formula is C23H29NO4. The zero-order valence-corrected chi connectivity index (χ0v) is 16.9. The van der Waals surface area contributed by atoms with Crippen LogP contribution in [0.5, 0.6) is 5.75 Å². The lowest BCUT2D eigenvalue weighted by atomic mass is 9.93. The number of piperidine rings is 1. The van der Waals surface area contributed by atoms with E-state index in [0.29, 0.717) is 25.1 Å². The topological polar surface area (TPSA) is 59.0 Å². The Balaban J connectivity index is 1.65. The summed E-state index contributed by atoms with van der Waals surface area (Å²) in [5.41, 5.74) is 2.89. The van der Waals surface area contributed by atoms with E-state index in [2.05, 4.69) is 6.92 Å². The van der Waals surface area contributed by atoms with Crippen LogP contribution in [0.15, 0.2) is 42.5 Å². The van der Waals surface area contributed by atoms with Gasteiger partial charge in [-0.3, -0.25) is 4.79 Å². The number of ether oxygens (including phenoxy) is 2. The van der Waals surface area contributed by atoms with E-state index in [4.69, 9.17) is 9.47 Å². The molecule has 5 nitrogen and oxygen atoms in total. The molecule has 5 heteroatoms. The summed E-state index contributed by atoms with van der Waals surface area (Å²) in [6.07, 6.45) is 1.36. The van der Waals surface area contributed by atoms with E-state index in [1.807, 2.05) is 43.3 Å². The van der Waals surface area contributed by atoms with Gasteiger partial charge in [-0.1, -0.05) is 18.2 Å². The number of amides is 1. The first-order valence-electron chi connectivity index (χ1n) is 9.70. The average molecular weight is 383 g/mol. The number of methoxy groups -OCH3 is 1. The molecule has 28 heavy (non-hydrogen) atoms.